The third kappa shape index (κ3) is 17.9. The summed E-state index contributed by atoms with van der Waals surface area (Å²) in [6, 6.07) is 0. The number of ether oxygens (including phenoxy) is 1. The fourth-order valence-corrected chi connectivity index (χ4v) is 4.81. The summed E-state index contributed by atoms with van der Waals surface area (Å²) < 4.78 is 5.49. The van der Waals surface area contributed by atoms with E-state index in [1.54, 1.807) is 0 Å². The molecule has 0 radical (unpaired) electrons. The van der Waals surface area contributed by atoms with E-state index in [0.29, 0.717) is 18.9 Å². The van der Waals surface area contributed by atoms with Crippen molar-refractivity contribution in [3.05, 3.63) is 0 Å². The molecule has 0 heterocycles. The molecule has 0 amide bonds. The fourth-order valence-electron chi connectivity index (χ4n) is 4.81. The molecule has 3 unspecified atom stereocenters. The lowest BCUT2D eigenvalue weighted by molar-refractivity contribution is -0.144. The lowest BCUT2D eigenvalue weighted by atomic mass is 10.0. The van der Waals surface area contributed by atoms with Crippen LogP contribution in [0, 0.1) is 11.8 Å². The van der Waals surface area contributed by atoms with Crippen LogP contribution in [0.3, 0.4) is 0 Å². The molecule has 190 valence electrons. The molecule has 0 aromatic heterocycles. The molecule has 0 saturated heterocycles. The highest BCUT2D eigenvalue weighted by Gasteiger charge is 2.36. The molecule has 3 heteroatoms. The number of aliphatic hydroxyl groups excluding tert-OH is 1. The highest BCUT2D eigenvalue weighted by atomic mass is 16.5. The van der Waals surface area contributed by atoms with Gasteiger partial charge in [-0.15, -0.1) is 0 Å². The van der Waals surface area contributed by atoms with E-state index in [0.717, 1.165) is 38.0 Å². The smallest absolute Gasteiger partial charge is 0.305 e. The molecule has 0 aliphatic heterocycles. The number of aliphatic hydroxyl groups is 1. The first-order valence-corrected chi connectivity index (χ1v) is 14.5. The van der Waals surface area contributed by atoms with Crippen molar-refractivity contribution in [2.45, 2.75) is 161 Å². The van der Waals surface area contributed by atoms with Gasteiger partial charge >= 0.3 is 5.97 Å². The number of carbonyl (C=O) groups excluding carboxylic acids is 1. The van der Waals surface area contributed by atoms with E-state index in [1.807, 2.05) is 0 Å². The second-order valence-corrected chi connectivity index (χ2v) is 10.5. The van der Waals surface area contributed by atoms with Crippen molar-refractivity contribution in [1.29, 1.82) is 0 Å². The summed E-state index contributed by atoms with van der Waals surface area (Å²) >= 11 is 0. The van der Waals surface area contributed by atoms with Crippen molar-refractivity contribution in [2.24, 2.45) is 11.8 Å². The van der Waals surface area contributed by atoms with Gasteiger partial charge in [0.05, 0.1) is 12.7 Å². The zero-order valence-electron chi connectivity index (χ0n) is 21.8. The Balaban J connectivity index is 1.78. The Morgan fingerprint density at radius 2 is 1.22 bits per heavy atom. The van der Waals surface area contributed by atoms with Gasteiger partial charge in [-0.05, 0) is 37.5 Å². The summed E-state index contributed by atoms with van der Waals surface area (Å²) in [6.07, 6.45) is 26.5. The predicted molar refractivity (Wildman–Crippen MR) is 137 cm³/mol. The summed E-state index contributed by atoms with van der Waals surface area (Å²) in [7, 11) is 0. The van der Waals surface area contributed by atoms with E-state index in [4.69, 9.17) is 4.74 Å². The van der Waals surface area contributed by atoms with Gasteiger partial charge in [0.1, 0.15) is 0 Å². The number of hydrogen-bond acceptors (Lipinski definition) is 3. The van der Waals surface area contributed by atoms with Crippen LogP contribution in [-0.4, -0.2) is 23.8 Å². The molecule has 0 aromatic carbocycles. The maximum absolute atomic E-state index is 11.9. The summed E-state index contributed by atoms with van der Waals surface area (Å²) in [4.78, 5) is 11.9. The third-order valence-electron chi connectivity index (χ3n) is 7.27. The van der Waals surface area contributed by atoms with Crippen LogP contribution in [0.5, 0.6) is 0 Å². The van der Waals surface area contributed by atoms with Crippen molar-refractivity contribution < 1.29 is 14.6 Å². The largest absolute Gasteiger partial charge is 0.465 e. The molecule has 1 aliphatic carbocycles. The van der Waals surface area contributed by atoms with Gasteiger partial charge in [-0.25, -0.2) is 0 Å². The zero-order chi connectivity index (χ0) is 23.3. The number of unbranched alkanes of at least 4 members (excludes halogenated alkanes) is 14. The van der Waals surface area contributed by atoms with Gasteiger partial charge in [0.15, 0.2) is 0 Å². The quantitative estimate of drug-likeness (QED) is 0.118. The Hall–Kier alpha value is -0.570. The molecule has 0 aromatic rings. The summed E-state index contributed by atoms with van der Waals surface area (Å²) in [5.74, 6) is 1.49. The first-order valence-electron chi connectivity index (χ1n) is 14.5. The van der Waals surface area contributed by atoms with Gasteiger partial charge in [-0.3, -0.25) is 4.79 Å². The van der Waals surface area contributed by atoms with E-state index in [1.165, 1.54) is 103 Å². The van der Waals surface area contributed by atoms with Crippen LogP contribution >= 0.6 is 0 Å². The summed E-state index contributed by atoms with van der Waals surface area (Å²) in [5, 5.41) is 10.1. The number of carbonyl (C=O) groups is 1. The molecule has 1 fully saturated rings. The van der Waals surface area contributed by atoms with Crippen molar-refractivity contribution in [2.75, 3.05) is 6.61 Å². The fraction of sp³-hybridized carbons (Fsp3) is 0.966. The topological polar surface area (TPSA) is 46.5 Å². The number of rotatable bonds is 24. The minimum Gasteiger partial charge on any atom is -0.465 e. The molecular weight excluding hydrogens is 396 g/mol. The lowest BCUT2D eigenvalue weighted by Crippen LogP contribution is -2.07. The third-order valence-corrected chi connectivity index (χ3v) is 7.27. The van der Waals surface area contributed by atoms with Gasteiger partial charge in [-0.2, -0.15) is 0 Å². The van der Waals surface area contributed by atoms with Crippen LogP contribution in [0.4, 0.5) is 0 Å². The SMILES string of the molecule is CCCCCCCCCC(O)CCCCCCCCC(=O)OCC1CC1CCCCCC. The van der Waals surface area contributed by atoms with Gasteiger partial charge in [0, 0.05) is 6.42 Å². The van der Waals surface area contributed by atoms with E-state index in [2.05, 4.69) is 13.8 Å². The van der Waals surface area contributed by atoms with E-state index in [9.17, 15) is 9.90 Å². The highest BCUT2D eigenvalue weighted by molar-refractivity contribution is 5.69. The molecule has 1 rings (SSSR count). The standard InChI is InChI=1S/C29H56O3/c1-3-5-7-9-10-13-17-21-28(30)22-18-14-11-12-15-19-23-29(31)32-25-27-24-26(27)20-16-8-6-4-2/h26-28,30H,3-25H2,1-2H3. The first kappa shape index (κ1) is 29.5. The number of hydrogen-bond donors (Lipinski definition) is 1. The van der Waals surface area contributed by atoms with E-state index < -0.39 is 0 Å². The Kier molecular flexibility index (Phi) is 19.3. The van der Waals surface area contributed by atoms with Gasteiger partial charge in [0.2, 0.25) is 0 Å². The van der Waals surface area contributed by atoms with Crippen molar-refractivity contribution in [3.63, 3.8) is 0 Å². The lowest BCUT2D eigenvalue weighted by Gasteiger charge is -2.10. The van der Waals surface area contributed by atoms with Crippen LogP contribution < -0.4 is 0 Å². The molecule has 1 saturated carbocycles. The second kappa shape index (κ2) is 21.0. The molecular formula is C29H56O3. The summed E-state index contributed by atoms with van der Waals surface area (Å²) in [5.41, 5.74) is 0. The molecule has 32 heavy (non-hydrogen) atoms. The Bertz CT molecular complexity index is 423. The van der Waals surface area contributed by atoms with Gasteiger partial charge in [0.25, 0.3) is 0 Å². The average molecular weight is 453 g/mol. The average Bonchev–Trinajstić information content (AvgIpc) is 3.54. The Labute approximate surface area is 200 Å². The van der Waals surface area contributed by atoms with Gasteiger partial charge < -0.3 is 9.84 Å². The number of esters is 1. The van der Waals surface area contributed by atoms with Crippen LogP contribution in [0.15, 0.2) is 0 Å². The molecule has 0 spiro atoms. The summed E-state index contributed by atoms with van der Waals surface area (Å²) in [6.45, 7) is 5.18. The maximum atomic E-state index is 11.9. The highest BCUT2D eigenvalue weighted by Crippen LogP contribution is 2.42. The molecule has 0 bridgehead atoms. The van der Waals surface area contributed by atoms with Crippen molar-refractivity contribution >= 4 is 5.97 Å². The predicted octanol–water partition coefficient (Wildman–Crippen LogP) is 8.76. The normalized spacial score (nSPS) is 18.6. The van der Waals surface area contributed by atoms with Crippen molar-refractivity contribution in [3.8, 4) is 0 Å². The van der Waals surface area contributed by atoms with Crippen LogP contribution in [-0.2, 0) is 9.53 Å². The molecule has 3 nitrogen and oxygen atoms in total. The van der Waals surface area contributed by atoms with Crippen LogP contribution in [0.2, 0.25) is 0 Å². The van der Waals surface area contributed by atoms with Crippen molar-refractivity contribution in [1.82, 2.24) is 0 Å². The minimum absolute atomic E-state index is 0.00937. The van der Waals surface area contributed by atoms with E-state index in [-0.39, 0.29) is 12.1 Å². The second-order valence-electron chi connectivity index (χ2n) is 10.5. The Morgan fingerprint density at radius 3 is 1.81 bits per heavy atom. The van der Waals surface area contributed by atoms with E-state index >= 15 is 0 Å². The van der Waals surface area contributed by atoms with Crippen LogP contribution in [0.1, 0.15) is 155 Å². The first-order chi connectivity index (χ1) is 15.7. The Morgan fingerprint density at radius 1 is 0.719 bits per heavy atom. The molecule has 1 N–H and O–H groups in total. The van der Waals surface area contributed by atoms with Gasteiger partial charge in [-0.1, -0.05) is 123 Å². The minimum atomic E-state index is -0.0946. The van der Waals surface area contributed by atoms with Crippen LogP contribution in [0.25, 0.3) is 0 Å². The zero-order valence-corrected chi connectivity index (χ0v) is 21.8. The molecule has 1 aliphatic rings. The monoisotopic (exact) mass is 452 g/mol. The maximum Gasteiger partial charge on any atom is 0.305 e. The molecule has 3 atom stereocenters.